The van der Waals surface area contributed by atoms with Gasteiger partial charge in [0.1, 0.15) is 0 Å². The molecule has 3 aromatic heterocycles. The van der Waals surface area contributed by atoms with Crippen molar-refractivity contribution in [2.45, 2.75) is 25.7 Å². The number of rotatable bonds is 6. The van der Waals surface area contributed by atoms with Crippen LogP contribution >= 0.6 is 0 Å². The Morgan fingerprint density at radius 1 is 0.684 bits per heavy atom. The van der Waals surface area contributed by atoms with Crippen LogP contribution < -0.4 is 0 Å². The molecule has 0 fully saturated rings. The molecule has 2 aliphatic heterocycles. The number of fused-ring (bicyclic) bond motifs is 8. The summed E-state index contributed by atoms with van der Waals surface area (Å²) >= 11 is 0. The number of nitrogens with zero attached hydrogens (tertiary/aromatic N) is 2. The maximum absolute atomic E-state index is 9.75. The Labute approximate surface area is 221 Å². The number of aryl methyl sites for hydroxylation is 1. The van der Waals surface area contributed by atoms with Crippen LogP contribution in [0.1, 0.15) is 52.7 Å². The third-order valence-corrected chi connectivity index (χ3v) is 7.14. The minimum Gasteiger partial charge on any atom is -0.396 e. The number of H-pyrrole nitrogens is 2. The molecule has 190 valence electrons. The van der Waals surface area contributed by atoms with E-state index >= 15 is 0 Å². The van der Waals surface area contributed by atoms with Crippen molar-refractivity contribution in [3.63, 3.8) is 0 Å². The fraction of sp³-hybridized carbons (Fsp3) is 0.188. The first kappa shape index (κ1) is 24.1. The quantitative estimate of drug-likeness (QED) is 0.210. The first-order chi connectivity index (χ1) is 18.6. The number of hydrogen-bond donors (Lipinski definition) is 4. The third kappa shape index (κ3) is 4.72. The van der Waals surface area contributed by atoms with Gasteiger partial charge in [-0.15, -0.1) is 0 Å². The first-order valence-corrected chi connectivity index (χ1v) is 13.0. The van der Waals surface area contributed by atoms with Crippen LogP contribution in [0.3, 0.4) is 0 Å². The molecule has 5 heterocycles. The van der Waals surface area contributed by atoms with Gasteiger partial charge in [0.2, 0.25) is 0 Å². The SMILES string of the molecule is Cc1ccc(-c2c3ccc(cc4nc(c(C(CCO)CCO)c5nc(cc6ccc2[nH]6)C=C5)C=C4)[nH]3)cc1. The molecule has 6 rings (SSSR count). The Balaban J connectivity index is 1.66. The Morgan fingerprint density at radius 2 is 1.21 bits per heavy atom. The normalized spacial score (nSPS) is 12.5. The van der Waals surface area contributed by atoms with Crippen LogP contribution in [0.4, 0.5) is 0 Å². The van der Waals surface area contributed by atoms with Gasteiger partial charge in [-0.1, -0.05) is 29.8 Å². The molecule has 0 unspecified atom stereocenters. The average molecular weight is 503 g/mol. The number of benzene rings is 1. The zero-order valence-electron chi connectivity index (χ0n) is 21.3. The number of aliphatic hydroxyl groups is 2. The van der Waals surface area contributed by atoms with Crippen molar-refractivity contribution in [1.29, 1.82) is 0 Å². The Kier molecular flexibility index (Phi) is 6.50. The van der Waals surface area contributed by atoms with Gasteiger partial charge < -0.3 is 20.2 Å². The van der Waals surface area contributed by atoms with Crippen molar-refractivity contribution in [2.24, 2.45) is 0 Å². The summed E-state index contributed by atoms with van der Waals surface area (Å²) in [5, 5.41) is 19.5. The fourth-order valence-electron chi connectivity index (χ4n) is 5.29. The topological polar surface area (TPSA) is 97.8 Å². The van der Waals surface area contributed by atoms with E-state index in [1.165, 1.54) is 5.56 Å². The molecule has 2 aliphatic rings. The van der Waals surface area contributed by atoms with Gasteiger partial charge in [0, 0.05) is 46.4 Å². The summed E-state index contributed by atoms with van der Waals surface area (Å²) in [4.78, 5) is 17.0. The molecule has 0 atom stereocenters. The molecular formula is C32H30N4O2. The molecule has 0 saturated carbocycles. The van der Waals surface area contributed by atoms with Crippen LogP contribution in [-0.2, 0) is 0 Å². The lowest BCUT2D eigenvalue weighted by atomic mass is 9.90. The number of aromatic nitrogens is 4. The van der Waals surface area contributed by atoms with Gasteiger partial charge in [-0.2, -0.15) is 0 Å². The molecule has 0 aliphatic carbocycles. The molecule has 38 heavy (non-hydrogen) atoms. The van der Waals surface area contributed by atoms with E-state index in [0.717, 1.165) is 61.5 Å². The van der Waals surface area contributed by atoms with Crippen LogP contribution in [0, 0.1) is 6.92 Å². The lowest BCUT2D eigenvalue weighted by Crippen LogP contribution is -2.08. The van der Waals surface area contributed by atoms with E-state index in [0.29, 0.717) is 12.8 Å². The summed E-state index contributed by atoms with van der Waals surface area (Å²) in [6, 6.07) is 21.0. The molecule has 0 spiro atoms. The highest BCUT2D eigenvalue weighted by Crippen LogP contribution is 2.33. The second kappa shape index (κ2) is 10.2. The van der Waals surface area contributed by atoms with Gasteiger partial charge in [-0.25, -0.2) is 9.97 Å². The maximum atomic E-state index is 9.75. The van der Waals surface area contributed by atoms with Crippen LogP contribution in [0.15, 0.2) is 60.7 Å². The fourth-order valence-corrected chi connectivity index (χ4v) is 5.29. The van der Waals surface area contributed by atoms with E-state index in [1.54, 1.807) is 0 Å². The van der Waals surface area contributed by atoms with Crippen LogP contribution in [0.5, 0.6) is 0 Å². The zero-order chi connectivity index (χ0) is 26.1. The van der Waals surface area contributed by atoms with Crippen molar-refractivity contribution in [3.05, 3.63) is 94.6 Å². The Bertz CT molecular complexity index is 1610. The van der Waals surface area contributed by atoms with Crippen molar-refractivity contribution >= 4 is 46.4 Å². The average Bonchev–Trinajstić information content (AvgIpc) is 3.72. The van der Waals surface area contributed by atoms with Crippen molar-refractivity contribution in [3.8, 4) is 11.1 Å². The molecule has 4 aromatic rings. The van der Waals surface area contributed by atoms with E-state index in [2.05, 4.69) is 65.4 Å². The molecule has 8 bridgehead atoms. The van der Waals surface area contributed by atoms with Gasteiger partial charge in [0.05, 0.1) is 22.8 Å². The van der Waals surface area contributed by atoms with Crippen LogP contribution in [-0.4, -0.2) is 43.4 Å². The molecule has 0 radical (unpaired) electrons. The van der Waals surface area contributed by atoms with Gasteiger partial charge >= 0.3 is 0 Å². The monoisotopic (exact) mass is 502 g/mol. The van der Waals surface area contributed by atoms with E-state index in [-0.39, 0.29) is 19.1 Å². The highest BCUT2D eigenvalue weighted by molar-refractivity contribution is 5.93. The van der Waals surface area contributed by atoms with Crippen LogP contribution in [0.25, 0.3) is 57.5 Å². The van der Waals surface area contributed by atoms with E-state index < -0.39 is 0 Å². The Morgan fingerprint density at radius 3 is 1.71 bits per heavy atom. The summed E-state index contributed by atoms with van der Waals surface area (Å²) in [6.45, 7) is 2.16. The van der Waals surface area contributed by atoms with Gasteiger partial charge in [-0.05, 0) is 91.9 Å². The minimum atomic E-state index is -0.0600. The standard InChI is InChI=1S/C32H30N4O2/c1-20-2-4-21(5-3-20)31-27-10-6-23(33-27)18-25-8-12-29(35-25)32(22(14-16-37)15-17-38)30-13-9-26(36-30)19-24-7-11-28(31)34-24/h2-13,18-19,22,33-34,37-38H,14-17H2,1H3. The summed E-state index contributed by atoms with van der Waals surface area (Å²) in [5.74, 6) is -0.0600. The van der Waals surface area contributed by atoms with E-state index in [4.69, 9.17) is 9.97 Å². The summed E-state index contributed by atoms with van der Waals surface area (Å²) in [6.07, 6.45) is 9.07. The predicted molar refractivity (Wildman–Crippen MR) is 155 cm³/mol. The summed E-state index contributed by atoms with van der Waals surface area (Å²) in [7, 11) is 0. The van der Waals surface area contributed by atoms with Crippen molar-refractivity contribution in [2.75, 3.05) is 13.2 Å². The molecule has 0 amide bonds. The number of nitrogens with one attached hydrogen (secondary N) is 2. The lowest BCUT2D eigenvalue weighted by Gasteiger charge is -2.16. The van der Waals surface area contributed by atoms with Gasteiger partial charge in [0.15, 0.2) is 0 Å². The highest BCUT2D eigenvalue weighted by atomic mass is 16.3. The molecule has 6 nitrogen and oxygen atoms in total. The molecular weight excluding hydrogens is 472 g/mol. The van der Waals surface area contributed by atoms with E-state index in [9.17, 15) is 10.2 Å². The minimum absolute atomic E-state index is 0.0316. The van der Waals surface area contributed by atoms with Crippen LogP contribution in [0.2, 0.25) is 0 Å². The maximum Gasteiger partial charge on any atom is 0.0694 e. The Hall–Kier alpha value is -4.26. The number of hydrogen-bond acceptors (Lipinski definition) is 4. The molecule has 0 saturated heterocycles. The van der Waals surface area contributed by atoms with Gasteiger partial charge in [-0.3, -0.25) is 0 Å². The first-order valence-electron chi connectivity index (χ1n) is 13.0. The van der Waals surface area contributed by atoms with Crippen molar-refractivity contribution < 1.29 is 10.2 Å². The molecule has 6 heteroatoms. The largest absolute Gasteiger partial charge is 0.396 e. The van der Waals surface area contributed by atoms with Crippen molar-refractivity contribution in [1.82, 2.24) is 19.9 Å². The second-order valence-corrected chi connectivity index (χ2v) is 9.83. The number of aliphatic hydroxyl groups excluding tert-OH is 2. The van der Waals surface area contributed by atoms with Gasteiger partial charge in [0.25, 0.3) is 0 Å². The smallest absolute Gasteiger partial charge is 0.0694 e. The molecule has 1 aromatic carbocycles. The zero-order valence-corrected chi connectivity index (χ0v) is 21.3. The summed E-state index contributed by atoms with van der Waals surface area (Å²) < 4.78 is 0. The second-order valence-electron chi connectivity index (χ2n) is 9.83. The highest BCUT2D eigenvalue weighted by Gasteiger charge is 2.20. The summed E-state index contributed by atoms with van der Waals surface area (Å²) in [5.41, 5.74) is 11.6. The predicted octanol–water partition coefficient (Wildman–Crippen LogP) is 6.48. The number of aromatic amines is 2. The lowest BCUT2D eigenvalue weighted by molar-refractivity contribution is 0.241. The molecule has 4 N–H and O–H groups in total. The third-order valence-electron chi connectivity index (χ3n) is 7.14. The van der Waals surface area contributed by atoms with E-state index in [1.807, 2.05) is 36.4 Å².